The minimum Gasteiger partial charge on any atom is -0.478 e. The van der Waals surface area contributed by atoms with Crippen molar-refractivity contribution in [3.05, 3.63) is 35.6 Å². The van der Waals surface area contributed by atoms with Gasteiger partial charge < -0.3 is 19.7 Å². The van der Waals surface area contributed by atoms with Crippen molar-refractivity contribution in [2.24, 2.45) is 28.6 Å². The molecule has 7 atom stereocenters. The Labute approximate surface area is 215 Å². The van der Waals surface area contributed by atoms with Crippen molar-refractivity contribution in [1.82, 2.24) is 0 Å². The summed E-state index contributed by atoms with van der Waals surface area (Å²) in [6.07, 6.45) is 8.58. The molecule has 36 heavy (non-hydrogen) atoms. The van der Waals surface area contributed by atoms with Gasteiger partial charge in [0, 0.05) is 17.6 Å². The number of carboxylic acids is 1. The highest BCUT2D eigenvalue weighted by Gasteiger charge is 2.51. The van der Waals surface area contributed by atoms with Crippen molar-refractivity contribution in [3.8, 4) is 0 Å². The lowest BCUT2D eigenvalue weighted by Crippen LogP contribution is -2.51. The van der Waals surface area contributed by atoms with Crippen LogP contribution in [-0.4, -0.2) is 34.0 Å². The number of ether oxygens (including phenoxy) is 2. The molecule has 6 nitrogen and oxygen atoms in total. The molecule has 200 valence electrons. The van der Waals surface area contributed by atoms with Gasteiger partial charge in [-0.1, -0.05) is 33.4 Å². The van der Waals surface area contributed by atoms with E-state index in [4.69, 9.17) is 9.47 Å². The summed E-state index contributed by atoms with van der Waals surface area (Å²) in [6.45, 7) is 16.3. The number of carbonyl (C=O) groups is 2. The minimum atomic E-state index is -0.945. The van der Waals surface area contributed by atoms with Gasteiger partial charge >= 0.3 is 11.9 Å². The van der Waals surface area contributed by atoms with E-state index in [0.29, 0.717) is 18.4 Å². The molecule has 0 radical (unpaired) electrons. The molecule has 1 aliphatic heterocycles. The standard InChI is InChI=1S/C30H44O6/c1-18(26(31)32)21-8-13-28(4)15-10-25(35-20(3)23(28)16-21)36-27(33)19(2)22-9-14-29(5)11-7-12-30(6,34)24(29)17-22/h21-22,24-25,34H,1-2,7-17H2,3-6H3,(H,31,32)/t21-,22+,24+,25-,28+,29-,30+/m0/s1. The lowest BCUT2D eigenvalue weighted by atomic mass is 9.53. The summed E-state index contributed by atoms with van der Waals surface area (Å²) >= 11 is 0. The van der Waals surface area contributed by atoms with Gasteiger partial charge in [0.05, 0.1) is 11.4 Å². The van der Waals surface area contributed by atoms with E-state index >= 15 is 0 Å². The normalized spacial score (nSPS) is 40.7. The highest BCUT2D eigenvalue weighted by atomic mass is 16.7. The second kappa shape index (κ2) is 9.66. The van der Waals surface area contributed by atoms with E-state index in [1.54, 1.807) is 0 Å². The van der Waals surface area contributed by atoms with Gasteiger partial charge in [0.15, 0.2) is 0 Å². The highest BCUT2D eigenvalue weighted by Crippen LogP contribution is 2.56. The minimum absolute atomic E-state index is 0.00765. The van der Waals surface area contributed by atoms with Crippen LogP contribution in [-0.2, 0) is 19.1 Å². The van der Waals surface area contributed by atoms with Crippen molar-refractivity contribution >= 4 is 11.9 Å². The van der Waals surface area contributed by atoms with Gasteiger partial charge in [0.1, 0.15) is 0 Å². The lowest BCUT2D eigenvalue weighted by molar-refractivity contribution is -0.169. The Balaban J connectivity index is 1.41. The van der Waals surface area contributed by atoms with Crippen molar-refractivity contribution in [3.63, 3.8) is 0 Å². The molecule has 2 N–H and O–H groups in total. The van der Waals surface area contributed by atoms with Gasteiger partial charge in [0.25, 0.3) is 0 Å². The first-order valence-corrected chi connectivity index (χ1v) is 13.7. The third kappa shape index (κ3) is 5.03. The number of carboxylic acid groups (broad SMARTS) is 1. The van der Waals surface area contributed by atoms with Gasteiger partial charge in [-0.15, -0.1) is 0 Å². The summed E-state index contributed by atoms with van der Waals surface area (Å²) in [6, 6.07) is 0. The number of hydrogen-bond donors (Lipinski definition) is 2. The Bertz CT molecular complexity index is 976. The van der Waals surface area contributed by atoms with Crippen LogP contribution in [0.2, 0.25) is 0 Å². The number of esters is 1. The van der Waals surface area contributed by atoms with E-state index < -0.39 is 23.8 Å². The number of rotatable bonds is 5. The average molecular weight is 501 g/mol. The molecule has 3 aliphatic carbocycles. The molecule has 0 unspecified atom stereocenters. The van der Waals surface area contributed by atoms with E-state index in [0.717, 1.165) is 69.1 Å². The number of allylic oxidation sites excluding steroid dienone is 2. The quantitative estimate of drug-likeness (QED) is 0.340. The van der Waals surface area contributed by atoms with Crippen molar-refractivity contribution in [2.75, 3.05) is 0 Å². The molecule has 0 aromatic rings. The molecule has 0 aromatic carbocycles. The van der Waals surface area contributed by atoms with Crippen LogP contribution in [0.4, 0.5) is 0 Å². The molecule has 3 saturated carbocycles. The molecule has 6 heteroatoms. The smallest absolute Gasteiger partial charge is 0.336 e. The van der Waals surface area contributed by atoms with Crippen LogP contribution < -0.4 is 0 Å². The van der Waals surface area contributed by atoms with Crippen LogP contribution in [0.25, 0.3) is 0 Å². The summed E-state index contributed by atoms with van der Waals surface area (Å²) in [5.41, 5.74) is 1.16. The predicted molar refractivity (Wildman–Crippen MR) is 138 cm³/mol. The fraction of sp³-hybridized carbons (Fsp3) is 0.733. The Morgan fingerprint density at radius 3 is 2.33 bits per heavy atom. The Hall–Kier alpha value is -2.08. The third-order valence-electron chi connectivity index (χ3n) is 10.3. The molecule has 1 heterocycles. The summed E-state index contributed by atoms with van der Waals surface area (Å²) in [5, 5.41) is 20.5. The summed E-state index contributed by atoms with van der Waals surface area (Å²) in [5.74, 6) is -0.563. The van der Waals surface area contributed by atoms with Crippen LogP contribution >= 0.6 is 0 Å². The molecule has 0 amide bonds. The van der Waals surface area contributed by atoms with Crippen molar-refractivity contribution in [1.29, 1.82) is 0 Å². The van der Waals surface area contributed by atoms with Gasteiger partial charge in [-0.05, 0) is 106 Å². The highest BCUT2D eigenvalue weighted by molar-refractivity contribution is 5.88. The first-order chi connectivity index (χ1) is 16.8. The SMILES string of the molecule is C=C(C(=O)O)[C@H]1CC[C@]2(C)CC[C@H](OC(=O)C(=C)[C@@H]3CC[C@]4(C)CCC[C@@](C)(O)[C@@H]4C3)OC(C)=C2C1. The topological polar surface area (TPSA) is 93.1 Å². The Morgan fingerprint density at radius 1 is 0.972 bits per heavy atom. The fourth-order valence-electron chi connectivity index (χ4n) is 7.77. The number of carbonyl (C=O) groups excluding carboxylic acids is 1. The molecule has 3 fully saturated rings. The molecule has 4 aliphatic rings. The monoisotopic (exact) mass is 500 g/mol. The van der Waals surface area contributed by atoms with Gasteiger partial charge in [-0.25, -0.2) is 9.59 Å². The maximum Gasteiger partial charge on any atom is 0.336 e. The van der Waals surface area contributed by atoms with Gasteiger partial charge in [-0.2, -0.15) is 0 Å². The second-order valence-corrected chi connectivity index (χ2v) is 12.8. The third-order valence-corrected chi connectivity index (χ3v) is 10.3. The van der Waals surface area contributed by atoms with Crippen molar-refractivity contribution < 1.29 is 29.3 Å². The second-order valence-electron chi connectivity index (χ2n) is 12.8. The van der Waals surface area contributed by atoms with Gasteiger partial charge in [0.2, 0.25) is 6.29 Å². The number of aliphatic hydroxyl groups is 1. The molecular formula is C30H44O6. The first-order valence-electron chi connectivity index (χ1n) is 13.7. The zero-order chi connectivity index (χ0) is 26.5. The number of aliphatic carboxylic acids is 1. The average Bonchev–Trinajstić information content (AvgIpc) is 2.93. The van der Waals surface area contributed by atoms with E-state index in [9.17, 15) is 19.8 Å². The van der Waals surface area contributed by atoms with Crippen LogP contribution in [0.5, 0.6) is 0 Å². The molecule has 0 aromatic heterocycles. The van der Waals surface area contributed by atoms with E-state index in [1.807, 2.05) is 13.8 Å². The number of fused-ring (bicyclic) bond motifs is 2. The number of hydrogen-bond acceptors (Lipinski definition) is 5. The maximum absolute atomic E-state index is 13.2. The molecule has 4 rings (SSSR count). The van der Waals surface area contributed by atoms with Crippen molar-refractivity contribution in [2.45, 2.75) is 110 Å². The Kier molecular flexibility index (Phi) is 7.24. The zero-order valence-electron chi connectivity index (χ0n) is 22.5. The Morgan fingerprint density at radius 2 is 1.64 bits per heavy atom. The van der Waals surface area contributed by atoms with Crippen LogP contribution in [0.15, 0.2) is 35.6 Å². The van der Waals surface area contributed by atoms with Gasteiger partial charge in [-0.3, -0.25) is 0 Å². The van der Waals surface area contributed by atoms with Crippen LogP contribution in [0.1, 0.15) is 98.3 Å². The molecule has 0 spiro atoms. The summed E-state index contributed by atoms with van der Waals surface area (Å²) in [7, 11) is 0. The summed E-state index contributed by atoms with van der Waals surface area (Å²) < 4.78 is 12.0. The lowest BCUT2D eigenvalue weighted by Gasteiger charge is -2.54. The first kappa shape index (κ1) is 27.0. The summed E-state index contributed by atoms with van der Waals surface area (Å²) in [4.78, 5) is 24.6. The zero-order valence-corrected chi connectivity index (χ0v) is 22.5. The van der Waals surface area contributed by atoms with E-state index in [-0.39, 0.29) is 34.2 Å². The van der Waals surface area contributed by atoms with Crippen LogP contribution in [0.3, 0.4) is 0 Å². The van der Waals surface area contributed by atoms with Crippen LogP contribution in [0, 0.1) is 28.6 Å². The largest absolute Gasteiger partial charge is 0.478 e. The molecule has 0 bridgehead atoms. The molecule has 0 saturated heterocycles. The predicted octanol–water partition coefficient (Wildman–Crippen LogP) is 6.30. The maximum atomic E-state index is 13.2. The van der Waals surface area contributed by atoms with E-state index in [1.165, 1.54) is 0 Å². The van der Waals surface area contributed by atoms with E-state index in [2.05, 4.69) is 27.0 Å². The molecular weight excluding hydrogens is 456 g/mol. The fourth-order valence-corrected chi connectivity index (χ4v) is 7.77.